The molecule has 0 heterocycles. The van der Waals surface area contributed by atoms with Gasteiger partial charge in [0.15, 0.2) is 0 Å². The first kappa shape index (κ1) is 19.2. The third-order valence-electron chi connectivity index (χ3n) is 2.96. The molecule has 0 fully saturated rings. The van der Waals surface area contributed by atoms with Crippen molar-refractivity contribution in [1.82, 2.24) is 0 Å². The number of hydrogen-bond donors (Lipinski definition) is 0. The number of nitriles is 2. The maximum absolute atomic E-state index is 8.98. The molecule has 0 aliphatic heterocycles. The summed E-state index contributed by atoms with van der Waals surface area (Å²) in [5.74, 6) is 0. The monoisotopic (exact) mass is 424 g/mol. The summed E-state index contributed by atoms with van der Waals surface area (Å²) in [6.45, 7) is 0. The zero-order chi connectivity index (χ0) is 15.9. The smallest absolute Gasteiger partial charge is 0.0992 e. The van der Waals surface area contributed by atoms with E-state index in [0.29, 0.717) is 16.1 Å². The van der Waals surface area contributed by atoms with Crippen LogP contribution in [-0.4, -0.2) is 0 Å². The fraction of sp³-hybridized carbons (Fsp3) is 0. The van der Waals surface area contributed by atoms with Gasteiger partial charge in [-0.05, 0) is 9.50 Å². The van der Waals surface area contributed by atoms with Crippen molar-refractivity contribution >= 4 is 27.5 Å². The van der Waals surface area contributed by atoms with Gasteiger partial charge in [-0.25, -0.2) is 0 Å². The molecule has 0 aliphatic rings. The molecule has 0 radical (unpaired) electrons. The molecule has 0 N–H and O–H groups in total. The second kappa shape index (κ2) is 9.36. The van der Waals surface area contributed by atoms with Gasteiger partial charge in [0, 0.05) is 22.6 Å². The van der Waals surface area contributed by atoms with E-state index in [4.69, 9.17) is 22.1 Å². The summed E-state index contributed by atoms with van der Waals surface area (Å²) in [6.07, 6.45) is 0. The number of rotatable bonds is 1. The summed E-state index contributed by atoms with van der Waals surface area (Å²) in [5, 5.41) is 18.3. The Bertz CT molecular complexity index is 822. The molecule has 0 amide bonds. The molecule has 23 heavy (non-hydrogen) atoms. The minimum absolute atomic E-state index is 0. The second-order valence-corrected chi connectivity index (χ2v) is 5.61. The van der Waals surface area contributed by atoms with Crippen LogP contribution in [0.15, 0.2) is 65.1 Å². The predicted molar refractivity (Wildman–Crippen MR) is 91.6 cm³/mol. The van der Waals surface area contributed by atoms with Crippen molar-refractivity contribution in [1.29, 1.82) is 10.5 Å². The van der Waals surface area contributed by atoms with Crippen LogP contribution in [0.2, 0.25) is 5.02 Å². The quantitative estimate of drug-likeness (QED) is 0.374. The number of nitrogens with zero attached hydrogens (tertiary/aromatic N) is 2. The maximum Gasteiger partial charge on any atom is 0.0992 e. The van der Waals surface area contributed by atoms with Crippen molar-refractivity contribution in [3.63, 3.8) is 0 Å². The molecule has 120 valence electrons. The molecular weight excluding hydrogens is 415 g/mol. The van der Waals surface area contributed by atoms with Crippen molar-refractivity contribution in [3.05, 3.63) is 81.3 Å². The summed E-state index contributed by atoms with van der Waals surface area (Å²) < 4.78 is 0.910. The van der Waals surface area contributed by atoms with E-state index in [9.17, 15) is 0 Å². The largest absolute Gasteiger partial charge is 0.748 e. The van der Waals surface area contributed by atoms with Crippen LogP contribution in [0.5, 0.6) is 0 Å². The minimum atomic E-state index is 0. The van der Waals surface area contributed by atoms with E-state index < -0.39 is 0 Å². The Morgan fingerprint density at radius 3 is 1.96 bits per heavy atom. The van der Waals surface area contributed by atoms with Gasteiger partial charge in [-0.2, -0.15) is 16.6 Å². The average Bonchev–Trinajstić information content (AvgIpc) is 3.21. The van der Waals surface area contributed by atoms with E-state index >= 15 is 0 Å². The van der Waals surface area contributed by atoms with Gasteiger partial charge in [-0.3, -0.25) is 0 Å². The van der Waals surface area contributed by atoms with Gasteiger partial charge in [-0.15, -0.1) is 23.7 Å². The van der Waals surface area contributed by atoms with Crippen LogP contribution in [0.1, 0.15) is 11.1 Å². The first-order valence-corrected chi connectivity index (χ1v) is 7.56. The van der Waals surface area contributed by atoms with E-state index in [0.717, 1.165) is 15.6 Å². The van der Waals surface area contributed by atoms with Gasteiger partial charge >= 0.3 is 0 Å². The zero-order valence-electron chi connectivity index (χ0n) is 11.8. The summed E-state index contributed by atoms with van der Waals surface area (Å²) in [6, 6.07) is 22.8. The molecule has 0 aliphatic carbocycles. The van der Waals surface area contributed by atoms with E-state index in [1.165, 1.54) is 6.07 Å². The van der Waals surface area contributed by atoms with Gasteiger partial charge < -0.3 is 30.3 Å². The Balaban J connectivity index is 0.000000377. The molecule has 0 unspecified atom stereocenters. The Morgan fingerprint density at radius 2 is 1.52 bits per heavy atom. The minimum Gasteiger partial charge on any atom is -0.748 e. The van der Waals surface area contributed by atoms with Gasteiger partial charge in [0.2, 0.25) is 0 Å². The SMILES string of the molecule is N#Cc1cc(Cl)c(-[c-]2cccc2Br)cc1C#N.[Fe].[cH-]1[cH-][cH-][cH-][cH-]1. The van der Waals surface area contributed by atoms with Crippen molar-refractivity contribution < 1.29 is 17.1 Å². The van der Waals surface area contributed by atoms with Crippen molar-refractivity contribution in [2.24, 2.45) is 0 Å². The maximum atomic E-state index is 8.98. The molecule has 0 aromatic heterocycles. The normalized spacial score (nSPS) is 8.87. The van der Waals surface area contributed by atoms with Gasteiger partial charge in [0.25, 0.3) is 0 Å². The Hall–Kier alpha value is -1.81. The molecular formula is C18H10BrClFeN2-6. The number of benzene rings is 1. The molecule has 3 rings (SSSR count). The first-order chi connectivity index (χ1) is 10.7. The Kier molecular flexibility index (Phi) is 7.82. The molecule has 5 heteroatoms. The third kappa shape index (κ3) is 4.83. The average molecular weight is 425 g/mol. The van der Waals surface area contributed by atoms with Crippen LogP contribution in [0, 0.1) is 22.7 Å². The summed E-state index contributed by atoms with van der Waals surface area (Å²) in [4.78, 5) is 0. The van der Waals surface area contributed by atoms with Crippen LogP contribution >= 0.6 is 27.5 Å². The van der Waals surface area contributed by atoms with Crippen LogP contribution in [0.3, 0.4) is 0 Å². The standard InChI is InChI=1S/C13H5BrClN2.C5H5.Fe/c14-12-3-1-2-10(12)11-4-8(6-16)9(7-17)5-13(11)15;1-2-4-5-3-1;/h1-5H;1-5H;/q-1;-5;. The van der Waals surface area contributed by atoms with E-state index in [2.05, 4.69) is 15.9 Å². The van der Waals surface area contributed by atoms with Crippen LogP contribution in [0.4, 0.5) is 0 Å². The molecule has 0 saturated carbocycles. The van der Waals surface area contributed by atoms with Gasteiger partial charge in [-0.1, -0.05) is 39.2 Å². The fourth-order valence-electron chi connectivity index (χ4n) is 1.90. The van der Waals surface area contributed by atoms with Crippen LogP contribution in [-0.2, 0) is 17.1 Å². The van der Waals surface area contributed by atoms with Crippen LogP contribution in [0.25, 0.3) is 11.1 Å². The van der Waals surface area contributed by atoms with Crippen molar-refractivity contribution in [2.75, 3.05) is 0 Å². The molecule has 3 aromatic carbocycles. The molecule has 0 spiro atoms. The summed E-state index contributed by atoms with van der Waals surface area (Å²) in [5.41, 5.74) is 2.29. The summed E-state index contributed by atoms with van der Waals surface area (Å²) >= 11 is 9.53. The molecule has 0 saturated heterocycles. The zero-order valence-corrected chi connectivity index (χ0v) is 15.2. The fourth-order valence-corrected chi connectivity index (χ4v) is 2.67. The molecule has 3 aromatic rings. The van der Waals surface area contributed by atoms with Crippen molar-refractivity contribution in [2.45, 2.75) is 0 Å². The Morgan fingerprint density at radius 1 is 1.00 bits per heavy atom. The first-order valence-electron chi connectivity index (χ1n) is 6.39. The number of hydrogen-bond acceptors (Lipinski definition) is 2. The van der Waals surface area contributed by atoms with E-state index in [1.54, 1.807) is 6.07 Å². The van der Waals surface area contributed by atoms with E-state index in [-0.39, 0.29) is 17.1 Å². The third-order valence-corrected chi connectivity index (χ3v) is 3.96. The van der Waals surface area contributed by atoms with Gasteiger partial charge in [0.1, 0.15) is 0 Å². The Labute approximate surface area is 159 Å². The second-order valence-electron chi connectivity index (χ2n) is 4.35. The predicted octanol–water partition coefficient (Wildman–Crippen LogP) is 5.63. The van der Waals surface area contributed by atoms with Crippen molar-refractivity contribution in [3.8, 4) is 23.3 Å². The molecule has 2 nitrogen and oxygen atoms in total. The molecule has 0 bridgehead atoms. The number of halogens is 2. The van der Waals surface area contributed by atoms with Crippen LogP contribution < -0.4 is 0 Å². The topological polar surface area (TPSA) is 47.6 Å². The molecule has 0 atom stereocenters. The van der Waals surface area contributed by atoms with Gasteiger partial charge in [0.05, 0.1) is 17.7 Å². The van der Waals surface area contributed by atoms with E-state index in [1.807, 2.05) is 60.7 Å². The summed E-state index contributed by atoms with van der Waals surface area (Å²) in [7, 11) is 0.